The molecule has 0 aliphatic carbocycles. The Morgan fingerprint density at radius 3 is 2.52 bits per heavy atom. The number of nitrogens with zero attached hydrogens (tertiary/aromatic N) is 3. The van der Waals surface area contributed by atoms with Gasteiger partial charge in [0.2, 0.25) is 6.10 Å². The lowest BCUT2D eigenvalue weighted by molar-refractivity contribution is -0.130. The van der Waals surface area contributed by atoms with Crippen LogP contribution < -0.4 is 19.1 Å². The van der Waals surface area contributed by atoms with Crippen molar-refractivity contribution in [2.45, 2.75) is 19.1 Å². The first-order valence-electron chi connectivity index (χ1n) is 9.79. The van der Waals surface area contributed by atoms with Gasteiger partial charge in [-0.15, -0.1) is 12.4 Å². The molecule has 1 aliphatic rings. The fourth-order valence-corrected chi connectivity index (χ4v) is 4.31. The van der Waals surface area contributed by atoms with Crippen LogP contribution in [0, 0.1) is 0 Å². The summed E-state index contributed by atoms with van der Waals surface area (Å²) in [6, 6.07) is 13.1. The summed E-state index contributed by atoms with van der Waals surface area (Å²) >= 11 is 1.46. The van der Waals surface area contributed by atoms with Crippen molar-refractivity contribution in [3.8, 4) is 17.2 Å². The largest absolute Gasteiger partial charge is 0.497 e. The molecule has 0 saturated carbocycles. The number of halogens is 1. The molecule has 2 atom stereocenters. The number of amides is 1. The predicted molar refractivity (Wildman–Crippen MR) is 125 cm³/mol. The van der Waals surface area contributed by atoms with Gasteiger partial charge < -0.3 is 19.1 Å². The van der Waals surface area contributed by atoms with E-state index in [9.17, 15) is 4.79 Å². The third-order valence-corrected chi connectivity index (χ3v) is 5.98. The molecule has 0 spiro atoms. The topological polar surface area (TPSA) is 64.1 Å². The summed E-state index contributed by atoms with van der Waals surface area (Å²) in [6.45, 7) is 3.05. The zero-order valence-corrected chi connectivity index (χ0v) is 19.5. The highest BCUT2D eigenvalue weighted by atomic mass is 35.5. The number of hydrogen-bond acceptors (Lipinski definition) is 7. The standard InChI is InChI=1S/C22H25N3O4S.ClH/c1-14-20(29-18-8-6-5-7-17(18)28-14)21(26)25(12-11-24(2)3)22-23-16-10-9-15(27-4)13-19(16)30-22;/h5-10,13-14,20H,11-12H2,1-4H3;1H. The van der Waals surface area contributed by atoms with E-state index in [4.69, 9.17) is 19.2 Å². The monoisotopic (exact) mass is 463 g/mol. The quantitative estimate of drug-likeness (QED) is 0.553. The van der Waals surface area contributed by atoms with Crippen molar-refractivity contribution < 1.29 is 19.0 Å². The zero-order valence-electron chi connectivity index (χ0n) is 17.9. The lowest BCUT2D eigenvalue weighted by Gasteiger charge is -2.34. The lowest BCUT2D eigenvalue weighted by atomic mass is 10.1. The molecule has 7 nitrogen and oxygen atoms in total. The Balaban J connectivity index is 0.00000272. The second-order valence-electron chi connectivity index (χ2n) is 7.43. The minimum atomic E-state index is -0.747. The van der Waals surface area contributed by atoms with Gasteiger partial charge in [0.1, 0.15) is 11.9 Å². The molecule has 1 aliphatic heterocycles. The van der Waals surface area contributed by atoms with Crippen molar-refractivity contribution >= 4 is 45.0 Å². The Kier molecular flexibility index (Phi) is 7.25. The third-order valence-electron chi connectivity index (χ3n) is 4.94. The van der Waals surface area contributed by atoms with Gasteiger partial charge in [0, 0.05) is 13.1 Å². The first kappa shape index (κ1) is 23.1. The number of methoxy groups -OCH3 is 1. The van der Waals surface area contributed by atoms with Crippen LogP contribution in [0.1, 0.15) is 6.92 Å². The van der Waals surface area contributed by atoms with Gasteiger partial charge in [-0.25, -0.2) is 4.98 Å². The molecule has 9 heteroatoms. The van der Waals surface area contributed by atoms with E-state index in [1.165, 1.54) is 11.3 Å². The normalized spacial score (nSPS) is 17.3. The molecular weight excluding hydrogens is 438 g/mol. The molecule has 1 aromatic heterocycles. The van der Waals surface area contributed by atoms with E-state index >= 15 is 0 Å². The summed E-state index contributed by atoms with van der Waals surface area (Å²) in [5.74, 6) is 1.83. The minimum Gasteiger partial charge on any atom is -0.497 e. The molecule has 4 rings (SSSR count). The number of anilines is 1. The van der Waals surface area contributed by atoms with Crippen molar-refractivity contribution in [2.24, 2.45) is 0 Å². The first-order valence-corrected chi connectivity index (χ1v) is 10.6. The minimum absolute atomic E-state index is 0. The van der Waals surface area contributed by atoms with E-state index in [1.807, 2.05) is 68.4 Å². The lowest BCUT2D eigenvalue weighted by Crippen LogP contribution is -2.52. The van der Waals surface area contributed by atoms with Crippen molar-refractivity contribution in [3.05, 3.63) is 42.5 Å². The molecular formula is C22H26ClN3O4S. The van der Waals surface area contributed by atoms with Gasteiger partial charge in [0.25, 0.3) is 5.91 Å². The number of ether oxygens (including phenoxy) is 3. The van der Waals surface area contributed by atoms with Crippen LogP contribution >= 0.6 is 23.7 Å². The molecule has 0 radical (unpaired) electrons. The molecule has 0 bridgehead atoms. The maximum Gasteiger partial charge on any atom is 0.273 e. The average Bonchev–Trinajstić information content (AvgIpc) is 3.15. The Hall–Kier alpha value is -2.55. The number of rotatable bonds is 6. The van der Waals surface area contributed by atoms with E-state index in [1.54, 1.807) is 12.0 Å². The fraction of sp³-hybridized carbons (Fsp3) is 0.364. The highest BCUT2D eigenvalue weighted by Gasteiger charge is 2.38. The number of hydrogen-bond donors (Lipinski definition) is 0. The number of benzene rings is 2. The maximum absolute atomic E-state index is 13.6. The van der Waals surface area contributed by atoms with Gasteiger partial charge in [-0.05, 0) is 51.4 Å². The summed E-state index contributed by atoms with van der Waals surface area (Å²) in [5.41, 5.74) is 0.831. The summed E-state index contributed by atoms with van der Waals surface area (Å²) in [6.07, 6.45) is -1.16. The Morgan fingerprint density at radius 1 is 1.13 bits per heavy atom. The van der Waals surface area contributed by atoms with Crippen LogP contribution in [0.25, 0.3) is 10.2 Å². The van der Waals surface area contributed by atoms with Crippen molar-refractivity contribution in [1.29, 1.82) is 0 Å². The van der Waals surface area contributed by atoms with Crippen LogP contribution in [-0.4, -0.2) is 62.3 Å². The Labute approximate surface area is 191 Å². The SMILES string of the molecule is COc1ccc2nc(N(CCN(C)C)C(=O)C3Oc4ccccc4OC3C)sc2c1.Cl. The third kappa shape index (κ3) is 4.87. The number of fused-ring (bicyclic) bond motifs is 2. The number of thiazole rings is 1. The van der Waals surface area contributed by atoms with E-state index < -0.39 is 12.2 Å². The highest BCUT2D eigenvalue weighted by molar-refractivity contribution is 7.22. The Bertz CT molecular complexity index is 1060. The Morgan fingerprint density at radius 2 is 1.84 bits per heavy atom. The number of carbonyl (C=O) groups excluding carboxylic acids is 1. The number of likely N-dealkylation sites (N-methyl/N-ethyl adjacent to an activating group) is 1. The van der Waals surface area contributed by atoms with E-state index in [0.29, 0.717) is 29.7 Å². The second-order valence-corrected chi connectivity index (χ2v) is 8.44. The van der Waals surface area contributed by atoms with E-state index in [2.05, 4.69) is 0 Å². The van der Waals surface area contributed by atoms with Crippen molar-refractivity contribution in [3.63, 3.8) is 0 Å². The molecule has 2 heterocycles. The molecule has 0 N–H and O–H groups in total. The first-order chi connectivity index (χ1) is 14.5. The molecule has 2 unspecified atom stereocenters. The molecule has 31 heavy (non-hydrogen) atoms. The molecule has 3 aromatic rings. The maximum atomic E-state index is 13.6. The van der Waals surface area contributed by atoms with Gasteiger partial charge in [0.05, 0.1) is 17.3 Å². The number of aromatic nitrogens is 1. The predicted octanol–water partition coefficient (Wildman–Crippen LogP) is 3.85. The summed E-state index contributed by atoms with van der Waals surface area (Å²) in [4.78, 5) is 22.0. The van der Waals surface area contributed by atoms with E-state index in [0.717, 1.165) is 16.0 Å². The van der Waals surface area contributed by atoms with Crippen LogP contribution in [0.4, 0.5) is 5.13 Å². The van der Waals surface area contributed by atoms with Gasteiger partial charge in [-0.1, -0.05) is 23.5 Å². The van der Waals surface area contributed by atoms with Crippen LogP contribution in [-0.2, 0) is 4.79 Å². The molecule has 1 amide bonds. The molecule has 0 saturated heterocycles. The van der Waals surface area contributed by atoms with Crippen LogP contribution in [0.3, 0.4) is 0 Å². The van der Waals surface area contributed by atoms with Crippen molar-refractivity contribution in [1.82, 2.24) is 9.88 Å². The van der Waals surface area contributed by atoms with Gasteiger partial charge >= 0.3 is 0 Å². The van der Waals surface area contributed by atoms with Crippen LogP contribution in [0.15, 0.2) is 42.5 Å². The summed E-state index contributed by atoms with van der Waals surface area (Å²) < 4.78 is 18.3. The second kappa shape index (κ2) is 9.72. The van der Waals surface area contributed by atoms with Gasteiger partial charge in [0.15, 0.2) is 16.6 Å². The summed E-state index contributed by atoms with van der Waals surface area (Å²) in [7, 11) is 5.59. The van der Waals surface area contributed by atoms with Crippen molar-refractivity contribution in [2.75, 3.05) is 39.2 Å². The van der Waals surface area contributed by atoms with Crippen LogP contribution in [0.5, 0.6) is 17.2 Å². The molecule has 0 fully saturated rings. The average molecular weight is 464 g/mol. The van der Waals surface area contributed by atoms with E-state index in [-0.39, 0.29) is 18.3 Å². The summed E-state index contributed by atoms with van der Waals surface area (Å²) in [5, 5.41) is 0.639. The molecule has 2 aromatic carbocycles. The number of carbonyl (C=O) groups is 1. The fourth-order valence-electron chi connectivity index (χ4n) is 3.28. The van der Waals surface area contributed by atoms with Crippen LogP contribution in [0.2, 0.25) is 0 Å². The van der Waals surface area contributed by atoms with Gasteiger partial charge in [-0.3, -0.25) is 9.69 Å². The van der Waals surface area contributed by atoms with Gasteiger partial charge in [-0.2, -0.15) is 0 Å². The zero-order chi connectivity index (χ0) is 21.3. The molecule has 166 valence electrons. The highest BCUT2D eigenvalue weighted by Crippen LogP contribution is 2.36. The number of para-hydroxylation sites is 2. The smallest absolute Gasteiger partial charge is 0.273 e.